The van der Waals surface area contributed by atoms with Gasteiger partial charge in [-0.05, 0) is 56.3 Å². The number of hydrogen-bond donors (Lipinski definition) is 2. The van der Waals surface area contributed by atoms with E-state index in [4.69, 9.17) is 39.5 Å². The van der Waals surface area contributed by atoms with Crippen molar-refractivity contribution in [2.45, 2.75) is 24.8 Å². The molecule has 0 bridgehead atoms. The van der Waals surface area contributed by atoms with E-state index in [1.54, 1.807) is 62.5 Å². The van der Waals surface area contributed by atoms with Crippen molar-refractivity contribution in [2.24, 2.45) is 7.05 Å². The maximum absolute atomic E-state index is 13.4. The molecule has 14 heteroatoms. The third-order valence-corrected chi connectivity index (χ3v) is 8.43. The first kappa shape index (κ1) is 30.2. The monoisotopic (exact) mass is 636 g/mol. The third kappa shape index (κ3) is 6.43. The Balaban J connectivity index is 1.60. The summed E-state index contributed by atoms with van der Waals surface area (Å²) in [4.78, 5) is 38.1. The van der Waals surface area contributed by atoms with Crippen LogP contribution in [0.4, 0.5) is 11.4 Å². The first-order valence-electron chi connectivity index (χ1n) is 11.9. The van der Waals surface area contributed by atoms with Crippen LogP contribution in [0.3, 0.4) is 0 Å². The molecule has 1 unspecified atom stereocenters. The third-order valence-electron chi connectivity index (χ3n) is 6.07. The fourth-order valence-corrected chi connectivity index (χ4v) is 6.01. The molecule has 0 saturated heterocycles. The number of aromatic nitrogens is 2. The molecule has 0 aliphatic heterocycles. The minimum atomic E-state index is -4.50. The van der Waals surface area contributed by atoms with Gasteiger partial charge >= 0.3 is 5.97 Å². The number of halogens is 3. The average molecular weight is 638 g/mol. The van der Waals surface area contributed by atoms with Crippen LogP contribution < -0.4 is 15.6 Å². The lowest BCUT2D eigenvalue weighted by Gasteiger charge is -2.15. The van der Waals surface area contributed by atoms with Crippen molar-refractivity contribution in [1.82, 2.24) is 9.36 Å². The summed E-state index contributed by atoms with van der Waals surface area (Å²) in [6.07, 6.45) is -1.28. The number of anilines is 2. The van der Waals surface area contributed by atoms with Gasteiger partial charge in [-0.2, -0.15) is 0 Å². The van der Waals surface area contributed by atoms with Crippen molar-refractivity contribution in [2.75, 3.05) is 10.0 Å². The predicted molar refractivity (Wildman–Crippen MR) is 158 cm³/mol. The summed E-state index contributed by atoms with van der Waals surface area (Å²) < 4.78 is 37.1. The van der Waals surface area contributed by atoms with Crippen LogP contribution in [0.5, 0.6) is 0 Å². The van der Waals surface area contributed by atoms with Crippen LogP contribution in [0.2, 0.25) is 15.1 Å². The molecule has 41 heavy (non-hydrogen) atoms. The Bertz CT molecular complexity index is 1820. The molecule has 4 rings (SSSR count). The number of para-hydroxylation sites is 1. The summed E-state index contributed by atoms with van der Waals surface area (Å²) in [5, 5.41) is 2.45. The van der Waals surface area contributed by atoms with Crippen LogP contribution in [-0.4, -0.2) is 35.8 Å². The maximum Gasteiger partial charge on any atom is 0.340 e. The van der Waals surface area contributed by atoms with E-state index in [-0.39, 0.29) is 21.3 Å². The molecule has 0 radical (unpaired) electrons. The highest BCUT2D eigenvalue weighted by Gasteiger charge is 2.28. The van der Waals surface area contributed by atoms with Crippen LogP contribution in [-0.2, 0) is 26.6 Å². The molecule has 4 aromatic rings. The number of nitrogens with zero attached hydrogens (tertiary/aromatic N) is 2. The van der Waals surface area contributed by atoms with E-state index < -0.39 is 38.5 Å². The summed E-state index contributed by atoms with van der Waals surface area (Å²) in [5.41, 5.74) is 0.0485. The van der Waals surface area contributed by atoms with Gasteiger partial charge in [-0.25, -0.2) is 17.9 Å². The lowest BCUT2D eigenvalue weighted by Crippen LogP contribution is -2.30. The number of carbonyl (C=O) groups is 2. The van der Waals surface area contributed by atoms with Gasteiger partial charge in [0.1, 0.15) is 10.6 Å². The smallest absolute Gasteiger partial charge is 0.340 e. The summed E-state index contributed by atoms with van der Waals surface area (Å²) >= 11 is 18.3. The van der Waals surface area contributed by atoms with Crippen molar-refractivity contribution in [3.05, 3.63) is 103 Å². The van der Waals surface area contributed by atoms with Gasteiger partial charge in [0.05, 0.1) is 27.0 Å². The number of carbonyl (C=O) groups excluding carboxylic acids is 2. The molecule has 0 aliphatic carbocycles. The Labute approximate surface area is 250 Å². The molecule has 1 amide bonds. The van der Waals surface area contributed by atoms with Gasteiger partial charge in [-0.3, -0.25) is 19.0 Å². The Morgan fingerprint density at radius 3 is 2.29 bits per heavy atom. The lowest BCUT2D eigenvalue weighted by atomic mass is 10.2. The molecule has 0 spiro atoms. The molecule has 0 fully saturated rings. The molecule has 214 valence electrons. The lowest BCUT2D eigenvalue weighted by molar-refractivity contribution is -0.123. The molecule has 0 saturated carbocycles. The number of nitrogens with one attached hydrogen (secondary N) is 2. The Morgan fingerprint density at radius 1 is 0.951 bits per heavy atom. The van der Waals surface area contributed by atoms with Gasteiger partial charge in [0.2, 0.25) is 0 Å². The van der Waals surface area contributed by atoms with Crippen molar-refractivity contribution >= 4 is 68.1 Å². The largest absolute Gasteiger partial charge is 0.449 e. The van der Waals surface area contributed by atoms with Gasteiger partial charge in [0.25, 0.3) is 21.5 Å². The van der Waals surface area contributed by atoms with Gasteiger partial charge in [0, 0.05) is 17.8 Å². The molecule has 1 heterocycles. The second-order valence-electron chi connectivity index (χ2n) is 8.85. The van der Waals surface area contributed by atoms with Gasteiger partial charge < -0.3 is 10.1 Å². The van der Waals surface area contributed by atoms with E-state index in [9.17, 15) is 22.8 Å². The topological polar surface area (TPSA) is 128 Å². The number of esters is 1. The zero-order valence-electron chi connectivity index (χ0n) is 21.8. The fraction of sp³-hybridized carbons (Fsp3) is 0.148. The fourth-order valence-electron chi connectivity index (χ4n) is 3.85. The molecule has 3 aromatic carbocycles. The minimum Gasteiger partial charge on any atom is -0.449 e. The van der Waals surface area contributed by atoms with E-state index in [0.29, 0.717) is 22.1 Å². The van der Waals surface area contributed by atoms with Crippen molar-refractivity contribution in [3.8, 4) is 5.69 Å². The number of hydrogen-bond acceptors (Lipinski definition) is 6. The number of rotatable bonds is 8. The molecular weight excluding hydrogens is 615 g/mol. The Morgan fingerprint density at radius 2 is 1.63 bits per heavy atom. The van der Waals surface area contributed by atoms with Gasteiger partial charge in [0.15, 0.2) is 6.10 Å². The van der Waals surface area contributed by atoms with Crippen LogP contribution >= 0.6 is 34.8 Å². The normalized spacial score (nSPS) is 12.0. The number of benzene rings is 3. The average Bonchev–Trinajstić information content (AvgIpc) is 3.11. The van der Waals surface area contributed by atoms with Crippen LogP contribution in [0.1, 0.15) is 23.0 Å². The second kappa shape index (κ2) is 12.0. The van der Waals surface area contributed by atoms with Gasteiger partial charge in [-0.15, -0.1) is 0 Å². The van der Waals surface area contributed by atoms with E-state index in [1.165, 1.54) is 22.4 Å². The molecular formula is C27H23Cl3N4O6S. The number of ether oxygens (including phenoxy) is 1. The molecule has 1 aromatic heterocycles. The van der Waals surface area contributed by atoms with Crippen LogP contribution in [0.25, 0.3) is 5.69 Å². The predicted octanol–water partition coefficient (Wildman–Crippen LogP) is 5.43. The Kier molecular flexibility index (Phi) is 8.83. The maximum atomic E-state index is 13.4. The summed E-state index contributed by atoms with van der Waals surface area (Å²) in [6, 6.07) is 17.0. The van der Waals surface area contributed by atoms with E-state index in [1.807, 2.05) is 0 Å². The van der Waals surface area contributed by atoms with E-state index >= 15 is 0 Å². The van der Waals surface area contributed by atoms with E-state index in [0.717, 1.165) is 12.1 Å². The van der Waals surface area contributed by atoms with Crippen molar-refractivity contribution in [1.29, 1.82) is 0 Å². The SMILES string of the molecule is Cc1c(NS(=O)(=O)c2cc(C(=O)OC(C)C(=O)Nc3cccc(Cl)c3)c(Cl)cc2Cl)c(=O)n(-c2ccccc2)n1C. The quantitative estimate of drug-likeness (QED) is 0.248. The van der Waals surface area contributed by atoms with Crippen molar-refractivity contribution in [3.63, 3.8) is 0 Å². The van der Waals surface area contributed by atoms with Crippen LogP contribution in [0.15, 0.2) is 76.4 Å². The summed E-state index contributed by atoms with van der Waals surface area (Å²) in [7, 11) is -2.90. The first-order valence-corrected chi connectivity index (χ1v) is 14.5. The minimum absolute atomic E-state index is 0.205. The van der Waals surface area contributed by atoms with Crippen LogP contribution in [0, 0.1) is 6.92 Å². The molecule has 0 aliphatic rings. The number of sulfonamides is 1. The molecule has 2 N–H and O–H groups in total. The standard InChI is InChI=1S/C27H23Cl3N4O6S/c1-15-24(26(36)34(33(15)3)19-10-5-4-6-11-19)32-41(38,39)23-13-20(21(29)14-22(23)30)27(37)40-16(2)25(35)31-18-9-7-8-17(28)12-18/h4-14,16,32H,1-3H3,(H,31,35). The Hall–Kier alpha value is -3.77. The highest BCUT2D eigenvalue weighted by atomic mass is 35.5. The summed E-state index contributed by atoms with van der Waals surface area (Å²) in [6.45, 7) is 2.90. The first-order chi connectivity index (χ1) is 19.3. The molecule has 10 nitrogen and oxygen atoms in total. The zero-order valence-corrected chi connectivity index (χ0v) is 24.9. The highest BCUT2D eigenvalue weighted by Crippen LogP contribution is 2.31. The van der Waals surface area contributed by atoms with E-state index in [2.05, 4.69) is 10.0 Å². The highest BCUT2D eigenvalue weighted by molar-refractivity contribution is 7.92. The second-order valence-corrected chi connectivity index (χ2v) is 11.8. The number of amides is 1. The van der Waals surface area contributed by atoms with Gasteiger partial charge in [-0.1, -0.05) is 59.1 Å². The molecule has 1 atom stereocenters. The van der Waals surface area contributed by atoms with Crippen molar-refractivity contribution < 1.29 is 22.7 Å². The summed E-state index contributed by atoms with van der Waals surface area (Å²) in [5.74, 6) is -1.73. The zero-order chi connectivity index (χ0) is 30.1.